The van der Waals surface area contributed by atoms with Gasteiger partial charge in [-0.25, -0.2) is 4.79 Å². The van der Waals surface area contributed by atoms with Gasteiger partial charge >= 0.3 is 5.63 Å². The third kappa shape index (κ3) is 3.00. The summed E-state index contributed by atoms with van der Waals surface area (Å²) in [6.45, 7) is 0. The summed E-state index contributed by atoms with van der Waals surface area (Å²) in [5.74, 6) is -0.649. The number of nitrogens with zero attached hydrogens (tertiary/aromatic N) is 1. The average molecular weight is 408 g/mol. The Hall–Kier alpha value is -4.50. The van der Waals surface area contributed by atoms with Crippen molar-refractivity contribution in [2.75, 3.05) is 0 Å². The number of hydrogen-bond acceptors (Lipinski definition) is 6. The number of benzene rings is 3. The molecule has 0 spiro atoms. The van der Waals surface area contributed by atoms with Crippen molar-refractivity contribution < 1.29 is 14.3 Å². The lowest BCUT2D eigenvalue weighted by Gasteiger charge is -2.26. The first kappa shape index (κ1) is 18.5. The second-order valence-corrected chi connectivity index (χ2v) is 7.23. The Morgan fingerprint density at radius 3 is 2.39 bits per heavy atom. The molecule has 1 unspecified atom stereocenters. The molecule has 0 radical (unpaired) electrons. The zero-order valence-electron chi connectivity index (χ0n) is 16.2. The van der Waals surface area contributed by atoms with Gasteiger partial charge in [0.1, 0.15) is 23.0 Å². The molecule has 5 rings (SSSR count). The van der Waals surface area contributed by atoms with Crippen molar-refractivity contribution >= 4 is 11.0 Å². The number of ether oxygens (including phenoxy) is 1. The van der Waals surface area contributed by atoms with E-state index in [4.69, 9.17) is 14.9 Å². The summed E-state index contributed by atoms with van der Waals surface area (Å²) in [6.07, 6.45) is 0. The molecule has 6 nitrogen and oxygen atoms in total. The van der Waals surface area contributed by atoms with Gasteiger partial charge in [0, 0.05) is 0 Å². The Morgan fingerprint density at radius 1 is 0.968 bits per heavy atom. The van der Waals surface area contributed by atoms with Gasteiger partial charge in [-0.2, -0.15) is 5.26 Å². The van der Waals surface area contributed by atoms with E-state index in [0.29, 0.717) is 10.9 Å². The summed E-state index contributed by atoms with van der Waals surface area (Å²) < 4.78 is 11.2. The maximum atomic E-state index is 12.9. The van der Waals surface area contributed by atoms with Crippen LogP contribution in [0.15, 0.2) is 93.5 Å². The average Bonchev–Trinajstić information content (AvgIpc) is 2.79. The molecule has 1 atom stereocenters. The van der Waals surface area contributed by atoms with Crippen LogP contribution in [0.4, 0.5) is 0 Å². The van der Waals surface area contributed by atoms with Crippen LogP contribution in [-0.4, -0.2) is 5.11 Å². The fraction of sp³-hybridized carbons (Fsp3) is 0.0400. The molecule has 0 bridgehead atoms. The second kappa shape index (κ2) is 7.08. The molecule has 1 aliphatic heterocycles. The normalized spacial score (nSPS) is 15.3. The predicted molar refractivity (Wildman–Crippen MR) is 115 cm³/mol. The number of fused-ring (bicyclic) bond motifs is 3. The van der Waals surface area contributed by atoms with Crippen molar-refractivity contribution in [1.82, 2.24) is 0 Å². The van der Waals surface area contributed by atoms with Gasteiger partial charge in [0.05, 0.1) is 16.9 Å². The largest absolute Gasteiger partial charge is 0.508 e. The molecule has 0 amide bonds. The molecule has 150 valence electrons. The molecule has 6 heteroatoms. The fourth-order valence-electron chi connectivity index (χ4n) is 3.94. The molecule has 0 fully saturated rings. The van der Waals surface area contributed by atoms with E-state index >= 15 is 0 Å². The summed E-state index contributed by atoms with van der Waals surface area (Å²) >= 11 is 0. The highest BCUT2D eigenvalue weighted by atomic mass is 16.5. The number of allylic oxidation sites excluding steroid dienone is 1. The maximum absolute atomic E-state index is 12.9. The first-order chi connectivity index (χ1) is 15.1. The molecule has 1 aromatic heterocycles. The quantitative estimate of drug-likeness (QED) is 0.476. The van der Waals surface area contributed by atoms with Gasteiger partial charge in [-0.05, 0) is 34.9 Å². The van der Waals surface area contributed by atoms with Crippen LogP contribution in [0, 0.1) is 11.3 Å². The summed E-state index contributed by atoms with van der Waals surface area (Å²) in [5, 5.41) is 20.1. The van der Waals surface area contributed by atoms with Crippen LogP contribution in [0.2, 0.25) is 0 Å². The molecule has 3 N–H and O–H groups in total. The van der Waals surface area contributed by atoms with Crippen LogP contribution < -0.4 is 16.1 Å². The van der Waals surface area contributed by atoms with Crippen LogP contribution in [0.5, 0.6) is 11.5 Å². The topological polar surface area (TPSA) is 109 Å². The number of phenolic OH excluding ortho intramolecular Hbond substituents is 1. The number of nitrogens with two attached hydrogens (primary N) is 1. The predicted octanol–water partition coefficient (Wildman–Crippen LogP) is 4.38. The standard InChI is InChI=1S/C25H16N2O4/c26-13-19-21(16-8-6-15(7-9-16)14-4-2-1-3-5-14)22-23(31-24(19)27)18-12-17(28)10-11-20(18)30-25(22)29/h1-12,21,28H,27H2. The molecule has 4 aromatic rings. The third-order valence-electron chi connectivity index (χ3n) is 5.40. The Kier molecular flexibility index (Phi) is 4.23. The maximum Gasteiger partial charge on any atom is 0.344 e. The van der Waals surface area contributed by atoms with Crippen molar-refractivity contribution in [2.45, 2.75) is 5.92 Å². The van der Waals surface area contributed by atoms with E-state index in [1.54, 1.807) is 0 Å². The van der Waals surface area contributed by atoms with E-state index in [1.165, 1.54) is 18.2 Å². The van der Waals surface area contributed by atoms with Gasteiger partial charge in [-0.15, -0.1) is 0 Å². The van der Waals surface area contributed by atoms with Crippen molar-refractivity contribution in [2.24, 2.45) is 5.73 Å². The lowest BCUT2D eigenvalue weighted by atomic mass is 9.83. The van der Waals surface area contributed by atoms with E-state index < -0.39 is 11.5 Å². The summed E-state index contributed by atoms with van der Waals surface area (Å²) in [5.41, 5.74) is 8.78. The molecule has 0 saturated heterocycles. The molecule has 1 aliphatic rings. The van der Waals surface area contributed by atoms with Gasteiger partial charge in [0.25, 0.3) is 0 Å². The summed E-state index contributed by atoms with van der Waals surface area (Å²) in [6, 6.07) is 23.9. The molecule has 2 heterocycles. The zero-order valence-corrected chi connectivity index (χ0v) is 16.2. The monoisotopic (exact) mass is 408 g/mol. The third-order valence-corrected chi connectivity index (χ3v) is 5.40. The molecule has 0 saturated carbocycles. The highest BCUT2D eigenvalue weighted by Gasteiger charge is 2.35. The molecular formula is C25H16N2O4. The van der Waals surface area contributed by atoms with Crippen molar-refractivity contribution in [3.8, 4) is 28.7 Å². The van der Waals surface area contributed by atoms with Gasteiger partial charge in [0.2, 0.25) is 5.88 Å². The summed E-state index contributed by atoms with van der Waals surface area (Å²) in [4.78, 5) is 12.9. The lowest BCUT2D eigenvalue weighted by Crippen LogP contribution is -2.26. The van der Waals surface area contributed by atoms with Crippen LogP contribution >= 0.6 is 0 Å². The molecule has 31 heavy (non-hydrogen) atoms. The van der Waals surface area contributed by atoms with Crippen LogP contribution in [0.1, 0.15) is 17.0 Å². The Morgan fingerprint density at radius 2 is 1.68 bits per heavy atom. The van der Waals surface area contributed by atoms with Gasteiger partial charge in [-0.3, -0.25) is 0 Å². The van der Waals surface area contributed by atoms with E-state index in [0.717, 1.165) is 11.1 Å². The zero-order chi connectivity index (χ0) is 21.5. The van der Waals surface area contributed by atoms with Crippen molar-refractivity contribution in [3.63, 3.8) is 0 Å². The molecule has 3 aromatic carbocycles. The van der Waals surface area contributed by atoms with Gasteiger partial charge in [-0.1, -0.05) is 54.6 Å². The van der Waals surface area contributed by atoms with Crippen molar-refractivity contribution in [3.05, 3.63) is 106 Å². The van der Waals surface area contributed by atoms with Crippen molar-refractivity contribution in [1.29, 1.82) is 5.26 Å². The second-order valence-electron chi connectivity index (χ2n) is 7.23. The van der Waals surface area contributed by atoms with E-state index in [-0.39, 0.29) is 34.1 Å². The number of aromatic hydroxyl groups is 1. The Balaban J connectivity index is 1.72. The van der Waals surface area contributed by atoms with E-state index in [9.17, 15) is 15.2 Å². The first-order valence-electron chi connectivity index (χ1n) is 9.59. The lowest BCUT2D eigenvalue weighted by molar-refractivity contribution is 0.387. The number of nitriles is 1. The fourth-order valence-corrected chi connectivity index (χ4v) is 3.94. The molecular weight excluding hydrogens is 392 g/mol. The molecule has 0 aliphatic carbocycles. The minimum Gasteiger partial charge on any atom is -0.508 e. The minimum absolute atomic E-state index is 0.00968. The SMILES string of the molecule is N#CC1=C(N)Oc2c(c(=O)oc3ccc(O)cc23)C1c1ccc(-c2ccccc2)cc1. The van der Waals surface area contributed by atoms with Gasteiger partial charge < -0.3 is 20.0 Å². The van der Waals surface area contributed by atoms with Crippen LogP contribution in [0.25, 0.3) is 22.1 Å². The smallest absolute Gasteiger partial charge is 0.344 e. The number of hydrogen-bond donors (Lipinski definition) is 2. The Labute approximate surface area is 177 Å². The van der Waals surface area contributed by atoms with Crippen LogP contribution in [0.3, 0.4) is 0 Å². The first-order valence-corrected chi connectivity index (χ1v) is 9.59. The van der Waals surface area contributed by atoms with E-state index in [2.05, 4.69) is 6.07 Å². The highest BCUT2D eigenvalue weighted by molar-refractivity contribution is 5.87. The van der Waals surface area contributed by atoms with Gasteiger partial charge in [0.15, 0.2) is 5.75 Å². The highest BCUT2D eigenvalue weighted by Crippen LogP contribution is 2.44. The minimum atomic E-state index is -0.749. The number of phenols is 1. The summed E-state index contributed by atoms with van der Waals surface area (Å²) in [7, 11) is 0. The van der Waals surface area contributed by atoms with Crippen LogP contribution in [-0.2, 0) is 0 Å². The Bertz CT molecular complexity index is 1450. The number of rotatable bonds is 2. The van der Waals surface area contributed by atoms with E-state index in [1.807, 2.05) is 54.6 Å².